The molecule has 1 aliphatic rings. The number of rotatable bonds is 3. The molecule has 2 rings (SSSR count). The molecular formula is C10H16N4O3S. The molecule has 0 atom stereocenters. The third-order valence-electron chi connectivity index (χ3n) is 3.02. The van der Waals surface area contributed by atoms with Crippen molar-refractivity contribution >= 4 is 16.0 Å². The summed E-state index contributed by atoms with van der Waals surface area (Å²) in [6.07, 6.45) is 2.62. The Morgan fingerprint density at radius 3 is 2.67 bits per heavy atom. The lowest BCUT2D eigenvalue weighted by Crippen LogP contribution is -2.42. The second-order valence-corrected chi connectivity index (χ2v) is 6.02. The standard InChI is InChI=1S/C10H16N4O3S/c1-17-9-2-5-12-10(13-9)14-6-3-8(4-7-14)18(11,15)16/h2,5,8H,3-4,6-7H2,1H3,(H2,11,15,16). The van der Waals surface area contributed by atoms with Crippen LogP contribution in [0.4, 0.5) is 5.95 Å². The van der Waals surface area contributed by atoms with Crippen LogP contribution in [0.25, 0.3) is 0 Å². The molecule has 100 valence electrons. The lowest BCUT2D eigenvalue weighted by atomic mass is 10.1. The molecular weight excluding hydrogens is 256 g/mol. The molecule has 8 heteroatoms. The Morgan fingerprint density at radius 2 is 2.11 bits per heavy atom. The van der Waals surface area contributed by atoms with Crippen LogP contribution in [0.5, 0.6) is 5.88 Å². The number of piperidine rings is 1. The largest absolute Gasteiger partial charge is 0.481 e. The molecule has 1 saturated heterocycles. The number of anilines is 1. The molecule has 1 aliphatic heterocycles. The molecule has 1 aromatic rings. The Labute approximate surface area is 106 Å². The van der Waals surface area contributed by atoms with Crippen molar-refractivity contribution in [3.63, 3.8) is 0 Å². The first-order valence-electron chi connectivity index (χ1n) is 5.64. The SMILES string of the molecule is COc1ccnc(N2CCC(S(N)(=O)=O)CC2)n1. The second-order valence-electron chi connectivity index (χ2n) is 4.17. The number of hydrogen-bond acceptors (Lipinski definition) is 6. The van der Waals surface area contributed by atoms with Crippen molar-refractivity contribution in [2.24, 2.45) is 5.14 Å². The van der Waals surface area contributed by atoms with Crippen LogP contribution in [-0.4, -0.2) is 43.8 Å². The van der Waals surface area contributed by atoms with Gasteiger partial charge in [-0.2, -0.15) is 4.98 Å². The molecule has 0 bridgehead atoms. The van der Waals surface area contributed by atoms with Crippen molar-refractivity contribution in [1.82, 2.24) is 9.97 Å². The lowest BCUT2D eigenvalue weighted by Gasteiger charge is -2.30. The van der Waals surface area contributed by atoms with Crippen LogP contribution in [0.15, 0.2) is 12.3 Å². The van der Waals surface area contributed by atoms with Gasteiger partial charge < -0.3 is 9.64 Å². The zero-order chi connectivity index (χ0) is 13.2. The minimum absolute atomic E-state index is 0.459. The van der Waals surface area contributed by atoms with Crippen LogP contribution in [-0.2, 0) is 10.0 Å². The highest BCUT2D eigenvalue weighted by molar-refractivity contribution is 7.89. The summed E-state index contributed by atoms with van der Waals surface area (Å²) in [6.45, 7) is 1.16. The van der Waals surface area contributed by atoms with Crippen LogP contribution < -0.4 is 14.8 Å². The van der Waals surface area contributed by atoms with E-state index in [2.05, 4.69) is 9.97 Å². The van der Waals surface area contributed by atoms with Gasteiger partial charge in [0.2, 0.25) is 21.9 Å². The van der Waals surface area contributed by atoms with Gasteiger partial charge in [0.05, 0.1) is 12.4 Å². The number of primary sulfonamides is 1. The fourth-order valence-electron chi connectivity index (χ4n) is 1.98. The molecule has 0 aromatic carbocycles. The fourth-order valence-corrected chi connectivity index (χ4v) is 2.85. The van der Waals surface area contributed by atoms with E-state index in [0.29, 0.717) is 37.8 Å². The highest BCUT2D eigenvalue weighted by atomic mass is 32.2. The normalized spacial score (nSPS) is 17.8. The van der Waals surface area contributed by atoms with Gasteiger partial charge in [-0.15, -0.1) is 0 Å². The van der Waals surface area contributed by atoms with Gasteiger partial charge >= 0.3 is 0 Å². The van der Waals surface area contributed by atoms with Gasteiger partial charge in [0, 0.05) is 25.4 Å². The molecule has 0 saturated carbocycles. The minimum Gasteiger partial charge on any atom is -0.481 e. The predicted molar refractivity (Wildman–Crippen MR) is 66.9 cm³/mol. The van der Waals surface area contributed by atoms with E-state index in [9.17, 15) is 8.42 Å². The van der Waals surface area contributed by atoms with Crippen molar-refractivity contribution in [2.45, 2.75) is 18.1 Å². The summed E-state index contributed by atoms with van der Waals surface area (Å²) in [5.74, 6) is 1.05. The number of methoxy groups -OCH3 is 1. The average molecular weight is 272 g/mol. The van der Waals surface area contributed by atoms with E-state index in [0.717, 1.165) is 0 Å². The number of aromatic nitrogens is 2. The molecule has 7 nitrogen and oxygen atoms in total. The lowest BCUT2D eigenvalue weighted by molar-refractivity contribution is 0.396. The molecule has 1 aromatic heterocycles. The van der Waals surface area contributed by atoms with Crippen LogP contribution in [0.1, 0.15) is 12.8 Å². The molecule has 2 heterocycles. The Kier molecular flexibility index (Phi) is 3.67. The fraction of sp³-hybridized carbons (Fsp3) is 0.600. The Bertz CT molecular complexity index is 512. The molecule has 0 radical (unpaired) electrons. The van der Waals surface area contributed by atoms with Gasteiger partial charge in [0.15, 0.2) is 0 Å². The number of nitrogens with zero attached hydrogens (tertiary/aromatic N) is 3. The average Bonchev–Trinajstić information content (AvgIpc) is 2.38. The summed E-state index contributed by atoms with van der Waals surface area (Å²) in [7, 11) is -1.90. The van der Waals surface area contributed by atoms with Crippen molar-refractivity contribution < 1.29 is 13.2 Å². The van der Waals surface area contributed by atoms with Gasteiger partial charge in [-0.05, 0) is 12.8 Å². The third-order valence-corrected chi connectivity index (χ3v) is 4.42. The van der Waals surface area contributed by atoms with Gasteiger partial charge in [-0.25, -0.2) is 18.5 Å². The summed E-state index contributed by atoms with van der Waals surface area (Å²) < 4.78 is 27.5. The van der Waals surface area contributed by atoms with Crippen molar-refractivity contribution in [2.75, 3.05) is 25.1 Å². The number of nitrogens with two attached hydrogens (primary N) is 1. The first-order valence-corrected chi connectivity index (χ1v) is 7.25. The van der Waals surface area contributed by atoms with Crippen LogP contribution in [0, 0.1) is 0 Å². The van der Waals surface area contributed by atoms with Gasteiger partial charge in [0.1, 0.15) is 0 Å². The highest BCUT2D eigenvalue weighted by Crippen LogP contribution is 2.20. The number of hydrogen-bond donors (Lipinski definition) is 1. The number of ether oxygens (including phenoxy) is 1. The predicted octanol–water partition coefficient (Wildman–Crippen LogP) is -0.258. The summed E-state index contributed by atoms with van der Waals surface area (Å²) >= 11 is 0. The Balaban J connectivity index is 2.05. The van der Waals surface area contributed by atoms with Crippen LogP contribution in [0.3, 0.4) is 0 Å². The molecule has 1 fully saturated rings. The maximum absolute atomic E-state index is 11.2. The van der Waals surface area contributed by atoms with E-state index in [1.54, 1.807) is 19.4 Å². The molecule has 0 unspecified atom stereocenters. The van der Waals surface area contributed by atoms with E-state index in [1.807, 2.05) is 4.90 Å². The van der Waals surface area contributed by atoms with Gasteiger partial charge in [0.25, 0.3) is 0 Å². The van der Waals surface area contributed by atoms with Crippen LogP contribution in [0.2, 0.25) is 0 Å². The molecule has 18 heavy (non-hydrogen) atoms. The molecule has 0 aliphatic carbocycles. The monoisotopic (exact) mass is 272 g/mol. The second kappa shape index (κ2) is 5.07. The van der Waals surface area contributed by atoms with Gasteiger partial charge in [-0.3, -0.25) is 0 Å². The van der Waals surface area contributed by atoms with E-state index in [4.69, 9.17) is 9.88 Å². The maximum atomic E-state index is 11.2. The zero-order valence-electron chi connectivity index (χ0n) is 10.1. The van der Waals surface area contributed by atoms with E-state index < -0.39 is 15.3 Å². The molecule has 2 N–H and O–H groups in total. The maximum Gasteiger partial charge on any atom is 0.228 e. The van der Waals surface area contributed by atoms with Crippen molar-refractivity contribution in [3.05, 3.63) is 12.3 Å². The zero-order valence-corrected chi connectivity index (χ0v) is 10.9. The van der Waals surface area contributed by atoms with E-state index >= 15 is 0 Å². The summed E-state index contributed by atoms with van der Waals surface area (Å²) in [6, 6.07) is 1.67. The Morgan fingerprint density at radius 1 is 1.44 bits per heavy atom. The summed E-state index contributed by atoms with van der Waals surface area (Å²) in [5.41, 5.74) is 0. The first-order chi connectivity index (χ1) is 8.50. The van der Waals surface area contributed by atoms with E-state index in [1.165, 1.54) is 0 Å². The van der Waals surface area contributed by atoms with Crippen molar-refractivity contribution in [1.29, 1.82) is 0 Å². The highest BCUT2D eigenvalue weighted by Gasteiger charge is 2.28. The first kappa shape index (κ1) is 13.0. The Hall–Kier alpha value is -1.41. The van der Waals surface area contributed by atoms with E-state index in [-0.39, 0.29) is 0 Å². The summed E-state index contributed by atoms with van der Waals surface area (Å²) in [5, 5.41) is 4.68. The molecule has 0 amide bonds. The third kappa shape index (κ3) is 2.88. The minimum atomic E-state index is -3.44. The topological polar surface area (TPSA) is 98.4 Å². The summed E-state index contributed by atoms with van der Waals surface area (Å²) in [4.78, 5) is 10.3. The van der Waals surface area contributed by atoms with Crippen molar-refractivity contribution in [3.8, 4) is 5.88 Å². The quantitative estimate of drug-likeness (QED) is 0.814. The smallest absolute Gasteiger partial charge is 0.228 e. The van der Waals surface area contributed by atoms with Gasteiger partial charge in [-0.1, -0.05) is 0 Å². The molecule has 0 spiro atoms. The number of sulfonamides is 1. The van der Waals surface area contributed by atoms with Crippen LogP contribution >= 0.6 is 0 Å².